The van der Waals surface area contributed by atoms with Gasteiger partial charge in [-0.25, -0.2) is 0 Å². The van der Waals surface area contributed by atoms with Crippen LogP contribution in [0.1, 0.15) is 203 Å². The van der Waals surface area contributed by atoms with Gasteiger partial charge >= 0.3 is 0 Å². The Labute approximate surface area is 827 Å². The van der Waals surface area contributed by atoms with Gasteiger partial charge in [0, 0.05) is 61.9 Å². The monoisotopic (exact) mass is 1900 g/mol. The average molecular weight is 1900 g/mol. The zero-order chi connectivity index (χ0) is 94.1. The smallest absolute Gasteiger partial charge is 0.262 e. The minimum Gasteiger partial charge on any atom is -0.308 e. The molecular formula is C120H88N8O8S4. The molecule has 4 atom stereocenters. The van der Waals surface area contributed by atoms with Gasteiger partial charge in [0.25, 0.3) is 47.3 Å². The first-order valence-corrected chi connectivity index (χ1v) is 51.1. The molecule has 0 fully saturated rings. The Hall–Kier alpha value is -15.3. The van der Waals surface area contributed by atoms with Crippen molar-refractivity contribution in [3.8, 4) is 0 Å². The fourth-order valence-electron chi connectivity index (χ4n) is 22.6. The molecule has 12 aliphatic rings. The van der Waals surface area contributed by atoms with Crippen molar-refractivity contribution in [1.29, 1.82) is 0 Å². The molecule has 0 spiro atoms. The molecule has 0 N–H and O–H groups in total. The van der Waals surface area contributed by atoms with Crippen LogP contribution in [0, 0.1) is 0 Å². The fraction of sp³-hybridized carbons (Fsp3) is 0.133. The Balaban J connectivity index is 0.0000000985. The van der Waals surface area contributed by atoms with E-state index in [2.05, 4.69) is 165 Å². The Morgan fingerprint density at radius 3 is 0.536 bits per heavy atom. The molecule has 0 saturated carbocycles. The second-order valence-corrected chi connectivity index (χ2v) is 41.1. The van der Waals surface area contributed by atoms with E-state index >= 15 is 0 Å². The molecule has 0 unspecified atom stereocenters. The lowest BCUT2D eigenvalue weighted by Crippen LogP contribution is -2.35. The molecular weight excluding hydrogens is 1810 g/mol. The Kier molecular flexibility index (Phi) is 21.9. The molecule has 0 radical (unpaired) electrons. The van der Waals surface area contributed by atoms with Crippen LogP contribution in [0.15, 0.2) is 403 Å². The van der Waals surface area contributed by atoms with Crippen LogP contribution in [0.3, 0.4) is 0 Å². The third-order valence-corrected chi connectivity index (χ3v) is 33.5. The number of imide groups is 4. The molecule has 16 nitrogen and oxygen atoms in total. The Morgan fingerprint density at radius 2 is 0.343 bits per heavy atom. The summed E-state index contributed by atoms with van der Waals surface area (Å²) in [6.07, 6.45) is 11.1. The molecule has 0 bridgehead atoms. The number of aryl methyl sites for hydroxylation is 4. The zero-order valence-corrected chi connectivity index (χ0v) is 79.2. The summed E-state index contributed by atoms with van der Waals surface area (Å²) in [7, 11) is 0. The van der Waals surface area contributed by atoms with Crippen LogP contribution in [-0.2, 0) is 25.7 Å². The standard InChI is InChI=1S/4C30H22N2O2S/c4*33-29-22-17-16-20(31-25-11-3-5-14-27(25)35-28-15-6-4-12-26(28)31)18-23(22)30(34)32(29)24-13-7-9-19-8-1-2-10-21(19)24/h4*1-6,8,10-12,14-18,24H,7,9,13H2/t4*24-/m0000/s1. The SMILES string of the molecule is O=C1c2ccc(N3c4ccccc4Sc4ccccc43)cc2C(=O)N1[C@H]1CCCc2ccccc21.O=C1c2ccc(N3c4ccccc4Sc4ccccc43)cc2C(=O)N1[C@H]1CCCc2ccccc21.O=C1c2ccc(N3c4ccccc4Sc4ccccc43)cc2C(=O)N1[C@H]1CCCc2ccccc21.O=C1c2ccc(N3c4ccccc4Sc4ccccc43)cc2C(=O)N1[C@H]1CCCc2ccccc21. The van der Waals surface area contributed by atoms with Crippen molar-refractivity contribution in [1.82, 2.24) is 19.6 Å². The highest BCUT2D eigenvalue weighted by molar-refractivity contribution is 8.00. The second kappa shape index (κ2) is 35.6. The molecule has 140 heavy (non-hydrogen) atoms. The highest BCUT2D eigenvalue weighted by atomic mass is 32.2. The molecule has 20 heteroatoms. The minimum atomic E-state index is -0.205. The third-order valence-electron chi connectivity index (χ3n) is 29.0. The van der Waals surface area contributed by atoms with E-state index in [1.54, 1.807) is 47.0 Å². The summed E-state index contributed by atoms with van der Waals surface area (Å²) in [4.78, 5) is 133. The van der Waals surface area contributed by atoms with Crippen LogP contribution in [0.25, 0.3) is 0 Å². The zero-order valence-electron chi connectivity index (χ0n) is 75.9. The van der Waals surface area contributed by atoms with Crippen molar-refractivity contribution in [2.24, 2.45) is 0 Å². The Bertz CT molecular complexity index is 6850. The number of hydrogen-bond donors (Lipinski definition) is 0. The van der Waals surface area contributed by atoms with Crippen molar-refractivity contribution in [3.63, 3.8) is 0 Å². The molecule has 16 aromatic rings. The molecule has 28 rings (SSSR count). The summed E-state index contributed by atoms with van der Waals surface area (Å²) in [6, 6.07) is 121. The van der Waals surface area contributed by atoms with Crippen LogP contribution in [-0.4, -0.2) is 66.9 Å². The van der Waals surface area contributed by atoms with Crippen molar-refractivity contribution in [2.75, 3.05) is 19.6 Å². The molecule has 8 aliphatic heterocycles. The van der Waals surface area contributed by atoms with E-state index in [-0.39, 0.29) is 71.4 Å². The van der Waals surface area contributed by atoms with Gasteiger partial charge < -0.3 is 19.6 Å². The quantitative estimate of drug-likeness (QED) is 0.132. The van der Waals surface area contributed by atoms with E-state index < -0.39 is 0 Å². The predicted molar refractivity (Wildman–Crippen MR) is 551 cm³/mol. The number of rotatable bonds is 8. The van der Waals surface area contributed by atoms with Crippen LogP contribution in [0.4, 0.5) is 68.2 Å². The maximum atomic E-state index is 13.7. The normalized spacial score (nSPS) is 18.1. The van der Waals surface area contributed by atoms with Crippen LogP contribution >= 0.6 is 47.0 Å². The van der Waals surface area contributed by atoms with Crippen LogP contribution in [0.2, 0.25) is 0 Å². The number of benzene rings is 16. The van der Waals surface area contributed by atoms with E-state index in [4.69, 9.17) is 0 Å². The van der Waals surface area contributed by atoms with Gasteiger partial charge in [0.2, 0.25) is 0 Å². The predicted octanol–water partition coefficient (Wildman–Crippen LogP) is 29.2. The summed E-state index contributed by atoms with van der Waals surface area (Å²) >= 11 is 7.00. The summed E-state index contributed by atoms with van der Waals surface area (Å²) in [6.45, 7) is 0. The molecule has 16 aromatic carbocycles. The summed E-state index contributed by atoms with van der Waals surface area (Å²) in [5.41, 5.74) is 25.4. The minimum absolute atomic E-state index is 0.187. The average Bonchev–Trinajstić information content (AvgIpc) is 1.55. The van der Waals surface area contributed by atoms with Gasteiger partial charge in [-0.05, 0) is 291 Å². The van der Waals surface area contributed by atoms with Crippen molar-refractivity contribution < 1.29 is 38.4 Å². The second-order valence-electron chi connectivity index (χ2n) is 36.8. The van der Waals surface area contributed by atoms with Gasteiger partial charge in [0.1, 0.15) is 0 Å². The number of para-hydroxylation sites is 8. The topological polar surface area (TPSA) is 162 Å². The van der Waals surface area contributed by atoms with Gasteiger partial charge in [-0.15, -0.1) is 0 Å². The van der Waals surface area contributed by atoms with E-state index in [0.717, 1.165) is 207 Å². The first-order valence-electron chi connectivity index (χ1n) is 47.9. The van der Waals surface area contributed by atoms with E-state index in [1.165, 1.54) is 41.9 Å². The van der Waals surface area contributed by atoms with Crippen LogP contribution < -0.4 is 19.6 Å². The number of nitrogens with zero attached hydrogens (tertiary/aromatic N) is 8. The van der Waals surface area contributed by atoms with Crippen molar-refractivity contribution in [2.45, 2.75) is 140 Å². The molecule has 0 saturated heterocycles. The number of amides is 8. The molecule has 8 heterocycles. The molecule has 0 aromatic heterocycles. The summed E-state index contributed by atoms with van der Waals surface area (Å²) < 4.78 is 0. The maximum Gasteiger partial charge on any atom is 0.262 e. The molecule has 4 aliphatic carbocycles. The maximum absolute atomic E-state index is 13.7. The number of hydrogen-bond acceptors (Lipinski definition) is 16. The number of fused-ring (bicyclic) bond motifs is 16. The van der Waals surface area contributed by atoms with E-state index in [1.807, 2.05) is 218 Å². The third kappa shape index (κ3) is 14.6. The Morgan fingerprint density at radius 1 is 0.179 bits per heavy atom. The lowest BCUT2D eigenvalue weighted by molar-refractivity contribution is 0.0551. The molecule has 680 valence electrons. The largest absolute Gasteiger partial charge is 0.308 e. The lowest BCUT2D eigenvalue weighted by atomic mass is 9.87. The van der Waals surface area contributed by atoms with E-state index in [9.17, 15) is 38.4 Å². The van der Waals surface area contributed by atoms with E-state index in [0.29, 0.717) is 44.5 Å². The van der Waals surface area contributed by atoms with Gasteiger partial charge in [-0.1, -0.05) is 241 Å². The highest BCUT2D eigenvalue weighted by Crippen LogP contribution is 2.58. The van der Waals surface area contributed by atoms with Crippen LogP contribution in [0.5, 0.6) is 0 Å². The first kappa shape index (κ1) is 86.3. The first-order chi connectivity index (χ1) is 68.8. The number of carbonyl (C=O) groups excluding carboxylic acids is 8. The lowest BCUT2D eigenvalue weighted by Gasteiger charge is -2.33. The van der Waals surface area contributed by atoms with Gasteiger partial charge in [-0.3, -0.25) is 58.0 Å². The van der Waals surface area contributed by atoms with Crippen molar-refractivity contribution in [3.05, 3.63) is 453 Å². The van der Waals surface area contributed by atoms with Gasteiger partial charge in [0.15, 0.2) is 0 Å². The number of anilines is 12. The summed E-state index contributed by atoms with van der Waals surface area (Å²) in [5, 5.41) is 0. The van der Waals surface area contributed by atoms with Gasteiger partial charge in [0.05, 0.1) is 114 Å². The highest BCUT2D eigenvalue weighted by Gasteiger charge is 2.48. The summed E-state index contributed by atoms with van der Waals surface area (Å²) in [5.74, 6) is -1.52. The molecule has 8 amide bonds. The van der Waals surface area contributed by atoms with Crippen molar-refractivity contribution >= 4 is 163 Å². The van der Waals surface area contributed by atoms with Gasteiger partial charge in [-0.2, -0.15) is 0 Å². The fourth-order valence-corrected chi connectivity index (χ4v) is 26.8. The number of carbonyl (C=O) groups is 8.